The highest BCUT2D eigenvalue weighted by molar-refractivity contribution is 6.01. The predicted octanol–water partition coefficient (Wildman–Crippen LogP) is 4.59. The van der Waals surface area contributed by atoms with E-state index in [0.717, 1.165) is 39.2 Å². The van der Waals surface area contributed by atoms with Gasteiger partial charge in [-0.25, -0.2) is 0 Å². The van der Waals surface area contributed by atoms with Gasteiger partial charge in [-0.2, -0.15) is 0 Å². The number of benzene rings is 3. The van der Waals surface area contributed by atoms with E-state index in [4.69, 9.17) is 0 Å². The van der Waals surface area contributed by atoms with Crippen LogP contribution in [0.5, 0.6) is 0 Å². The lowest BCUT2D eigenvalue weighted by molar-refractivity contribution is -0.115. The van der Waals surface area contributed by atoms with Crippen molar-refractivity contribution < 1.29 is 9.59 Å². The monoisotopic (exact) mass is 356 g/mol. The summed E-state index contributed by atoms with van der Waals surface area (Å²) in [5, 5.41) is 2.87. The molecule has 0 spiro atoms. The molecule has 0 bridgehead atoms. The highest BCUT2D eigenvalue weighted by Gasteiger charge is 2.22. The van der Waals surface area contributed by atoms with E-state index in [-0.39, 0.29) is 11.8 Å². The Balaban J connectivity index is 1.72. The molecule has 1 N–H and O–H groups in total. The van der Waals surface area contributed by atoms with Gasteiger partial charge in [0.1, 0.15) is 0 Å². The van der Waals surface area contributed by atoms with Crippen LogP contribution >= 0.6 is 0 Å². The Labute approximate surface area is 158 Å². The van der Waals surface area contributed by atoms with Crippen molar-refractivity contribution in [3.8, 4) is 11.1 Å². The smallest absolute Gasteiger partial charge is 0.251 e. The van der Waals surface area contributed by atoms with Gasteiger partial charge < -0.3 is 5.32 Å². The van der Waals surface area contributed by atoms with E-state index in [0.29, 0.717) is 6.54 Å². The molecule has 0 aromatic heterocycles. The predicted molar refractivity (Wildman–Crippen MR) is 107 cm³/mol. The minimum atomic E-state index is -0.0382. The number of nitrogens with one attached hydrogen (secondary N) is 1. The van der Waals surface area contributed by atoms with Crippen LogP contribution in [0.3, 0.4) is 0 Å². The van der Waals surface area contributed by atoms with Crippen molar-refractivity contribution in [3.63, 3.8) is 0 Å². The highest BCUT2D eigenvalue weighted by atomic mass is 16.2. The first-order valence-corrected chi connectivity index (χ1v) is 8.92. The third kappa shape index (κ3) is 3.10. The largest absolute Gasteiger partial charge is 0.348 e. The van der Waals surface area contributed by atoms with Crippen LogP contribution in [0, 0.1) is 6.92 Å². The molecule has 2 amide bonds. The van der Waals surface area contributed by atoms with E-state index >= 15 is 0 Å². The van der Waals surface area contributed by atoms with Gasteiger partial charge in [-0.1, -0.05) is 36.4 Å². The number of carbonyl (C=O) groups is 2. The second-order valence-electron chi connectivity index (χ2n) is 6.75. The van der Waals surface area contributed by atoms with Crippen molar-refractivity contribution in [1.82, 2.24) is 5.32 Å². The van der Waals surface area contributed by atoms with Crippen LogP contribution in [0.4, 0.5) is 11.4 Å². The van der Waals surface area contributed by atoms with Gasteiger partial charge in [0.25, 0.3) is 5.91 Å². The molecule has 4 rings (SSSR count). The van der Waals surface area contributed by atoms with Crippen LogP contribution in [0.25, 0.3) is 11.1 Å². The number of anilines is 2. The van der Waals surface area contributed by atoms with Crippen LogP contribution < -0.4 is 10.2 Å². The van der Waals surface area contributed by atoms with Gasteiger partial charge in [-0.3, -0.25) is 14.5 Å². The first kappa shape index (κ1) is 17.0. The maximum atomic E-state index is 12.3. The Bertz CT molecular complexity index is 1040. The molecular formula is C23H20N2O2. The summed E-state index contributed by atoms with van der Waals surface area (Å²) in [7, 11) is 0. The third-order valence-corrected chi connectivity index (χ3v) is 4.86. The maximum absolute atomic E-state index is 12.3. The molecule has 1 aliphatic rings. The van der Waals surface area contributed by atoms with Crippen molar-refractivity contribution in [2.75, 3.05) is 4.90 Å². The zero-order valence-corrected chi connectivity index (χ0v) is 15.3. The number of amides is 2. The summed E-state index contributed by atoms with van der Waals surface area (Å²) in [5.41, 5.74) is 6.61. The van der Waals surface area contributed by atoms with E-state index in [1.807, 2.05) is 73.7 Å². The first-order valence-electron chi connectivity index (χ1n) is 8.92. The van der Waals surface area contributed by atoms with Crippen LogP contribution in [0.2, 0.25) is 0 Å². The number of nitrogens with zero attached hydrogens (tertiary/aromatic N) is 1. The Kier molecular flexibility index (Phi) is 4.24. The minimum Gasteiger partial charge on any atom is -0.348 e. The van der Waals surface area contributed by atoms with Gasteiger partial charge in [-0.15, -0.1) is 0 Å². The molecule has 4 heteroatoms. The van der Waals surface area contributed by atoms with Crippen molar-refractivity contribution in [2.45, 2.75) is 20.4 Å². The highest BCUT2D eigenvalue weighted by Crippen LogP contribution is 2.32. The standard InChI is InChI=1S/C23H20N2O2/c1-15-5-3-6-19(13-15)25(16(2)26)18-11-9-17(10-12-18)20-7-4-8-21-22(20)14-24-23(21)27/h3-13H,14H2,1-2H3,(H,24,27). The summed E-state index contributed by atoms with van der Waals surface area (Å²) in [6.45, 7) is 4.13. The fraction of sp³-hybridized carbons (Fsp3) is 0.130. The second kappa shape index (κ2) is 6.72. The van der Waals surface area contributed by atoms with Gasteiger partial charge in [0.2, 0.25) is 5.91 Å². The van der Waals surface area contributed by atoms with Crippen LogP contribution in [0.1, 0.15) is 28.4 Å². The van der Waals surface area contributed by atoms with E-state index in [2.05, 4.69) is 5.32 Å². The Hall–Kier alpha value is -3.40. The van der Waals surface area contributed by atoms with E-state index in [1.165, 1.54) is 0 Å². The molecule has 134 valence electrons. The molecule has 0 unspecified atom stereocenters. The van der Waals surface area contributed by atoms with Gasteiger partial charge in [-0.05, 0) is 59.5 Å². The Morgan fingerprint density at radius 2 is 1.63 bits per heavy atom. The summed E-state index contributed by atoms with van der Waals surface area (Å²) in [6, 6.07) is 21.6. The quantitative estimate of drug-likeness (QED) is 0.746. The lowest BCUT2D eigenvalue weighted by Crippen LogP contribution is -2.22. The number of rotatable bonds is 3. The normalized spacial score (nSPS) is 12.4. The van der Waals surface area contributed by atoms with Gasteiger partial charge >= 0.3 is 0 Å². The molecular weight excluding hydrogens is 336 g/mol. The summed E-state index contributed by atoms with van der Waals surface area (Å²) in [5.74, 6) is -0.0607. The maximum Gasteiger partial charge on any atom is 0.251 e. The molecule has 0 atom stereocenters. The fourth-order valence-corrected chi connectivity index (χ4v) is 3.59. The fourth-order valence-electron chi connectivity index (χ4n) is 3.59. The second-order valence-corrected chi connectivity index (χ2v) is 6.75. The molecule has 4 nitrogen and oxygen atoms in total. The van der Waals surface area contributed by atoms with E-state index < -0.39 is 0 Å². The SMILES string of the molecule is CC(=O)N(c1ccc(-c2cccc3c2CNC3=O)cc1)c1cccc(C)c1. The topological polar surface area (TPSA) is 49.4 Å². The molecule has 27 heavy (non-hydrogen) atoms. The van der Waals surface area contributed by atoms with Crippen molar-refractivity contribution in [3.05, 3.63) is 83.4 Å². The van der Waals surface area contributed by atoms with Crippen LogP contribution in [-0.4, -0.2) is 11.8 Å². The summed E-state index contributed by atoms with van der Waals surface area (Å²) >= 11 is 0. The van der Waals surface area contributed by atoms with E-state index in [9.17, 15) is 9.59 Å². The number of hydrogen-bond donors (Lipinski definition) is 1. The molecule has 3 aromatic rings. The number of fused-ring (bicyclic) bond motifs is 1. The third-order valence-electron chi connectivity index (χ3n) is 4.86. The molecule has 0 aliphatic carbocycles. The average molecular weight is 356 g/mol. The van der Waals surface area contributed by atoms with Gasteiger partial charge in [0, 0.05) is 30.4 Å². The van der Waals surface area contributed by atoms with Crippen molar-refractivity contribution in [1.29, 1.82) is 0 Å². The van der Waals surface area contributed by atoms with Crippen molar-refractivity contribution in [2.24, 2.45) is 0 Å². The molecule has 1 aliphatic heterocycles. The van der Waals surface area contributed by atoms with Gasteiger partial charge in [0.05, 0.1) is 0 Å². The van der Waals surface area contributed by atoms with E-state index in [1.54, 1.807) is 11.8 Å². The average Bonchev–Trinajstić information content (AvgIpc) is 3.04. The minimum absolute atomic E-state index is 0.0225. The molecule has 3 aromatic carbocycles. The van der Waals surface area contributed by atoms with Crippen molar-refractivity contribution >= 4 is 23.2 Å². The Morgan fingerprint density at radius 3 is 2.33 bits per heavy atom. The summed E-state index contributed by atoms with van der Waals surface area (Å²) in [4.78, 5) is 25.9. The Morgan fingerprint density at radius 1 is 0.926 bits per heavy atom. The van der Waals surface area contributed by atoms with Crippen LogP contribution in [0.15, 0.2) is 66.7 Å². The van der Waals surface area contributed by atoms with Gasteiger partial charge in [0.15, 0.2) is 0 Å². The molecule has 0 fully saturated rings. The summed E-state index contributed by atoms with van der Waals surface area (Å²) in [6.07, 6.45) is 0. The molecule has 1 heterocycles. The molecule has 0 saturated heterocycles. The molecule has 0 radical (unpaired) electrons. The molecule has 0 saturated carbocycles. The zero-order valence-electron chi connectivity index (χ0n) is 15.3. The lowest BCUT2D eigenvalue weighted by Gasteiger charge is -2.22. The lowest BCUT2D eigenvalue weighted by atomic mass is 9.96. The number of hydrogen-bond acceptors (Lipinski definition) is 2. The summed E-state index contributed by atoms with van der Waals surface area (Å²) < 4.78 is 0. The zero-order chi connectivity index (χ0) is 19.0. The number of aryl methyl sites for hydroxylation is 1. The first-order chi connectivity index (χ1) is 13.0. The number of carbonyl (C=O) groups excluding carboxylic acids is 2. The van der Waals surface area contributed by atoms with Crippen LogP contribution in [-0.2, 0) is 11.3 Å².